The first-order valence-electron chi connectivity index (χ1n) is 12.2. The minimum atomic E-state index is -0.378. The van der Waals surface area contributed by atoms with Gasteiger partial charge >= 0.3 is 0 Å². The summed E-state index contributed by atoms with van der Waals surface area (Å²) in [6.45, 7) is 3.00. The summed E-state index contributed by atoms with van der Waals surface area (Å²) >= 11 is 0. The molecule has 2 aromatic carbocycles. The average molecular weight is 474 g/mol. The van der Waals surface area contributed by atoms with E-state index >= 15 is 0 Å². The van der Waals surface area contributed by atoms with Gasteiger partial charge < -0.3 is 14.6 Å². The minimum absolute atomic E-state index is 0.0806. The van der Waals surface area contributed by atoms with E-state index in [9.17, 15) is 14.7 Å². The number of hydrogen-bond acceptors (Lipinski definition) is 5. The van der Waals surface area contributed by atoms with Crippen molar-refractivity contribution in [1.29, 1.82) is 0 Å². The van der Waals surface area contributed by atoms with Gasteiger partial charge in [-0.2, -0.15) is 0 Å². The number of anilines is 1. The zero-order chi connectivity index (χ0) is 24.5. The van der Waals surface area contributed by atoms with Crippen molar-refractivity contribution in [2.24, 2.45) is 17.8 Å². The lowest BCUT2D eigenvalue weighted by Crippen LogP contribution is -2.35. The number of aromatic hydroxyl groups is 1. The van der Waals surface area contributed by atoms with Crippen LogP contribution in [-0.2, 0) is 19.1 Å². The van der Waals surface area contributed by atoms with Crippen molar-refractivity contribution >= 4 is 23.6 Å². The molecule has 5 rings (SSSR count). The molecule has 3 aliphatic rings. The summed E-state index contributed by atoms with van der Waals surface area (Å²) in [6.07, 6.45) is 4.23. The number of carbonyl (C=O) groups excluding carboxylic acids is 2. The molecule has 4 atom stereocenters. The zero-order valence-electron chi connectivity index (χ0n) is 20.1. The van der Waals surface area contributed by atoms with Crippen LogP contribution in [0.2, 0.25) is 0 Å². The van der Waals surface area contributed by atoms with Crippen LogP contribution in [0.25, 0.3) is 6.08 Å². The number of hydrogen-bond donors (Lipinski definition) is 1. The van der Waals surface area contributed by atoms with Gasteiger partial charge in [-0.25, -0.2) is 0 Å². The number of nitrogens with zero attached hydrogens (tertiary/aromatic N) is 1. The molecule has 0 aromatic heterocycles. The maximum atomic E-state index is 13.5. The van der Waals surface area contributed by atoms with Crippen molar-refractivity contribution in [2.75, 3.05) is 25.2 Å². The van der Waals surface area contributed by atoms with Crippen LogP contribution in [0.1, 0.15) is 31.7 Å². The van der Waals surface area contributed by atoms with Gasteiger partial charge in [-0.1, -0.05) is 42.0 Å². The van der Waals surface area contributed by atoms with Crippen LogP contribution < -0.4 is 4.90 Å². The second-order valence-electron chi connectivity index (χ2n) is 9.73. The van der Waals surface area contributed by atoms with E-state index < -0.39 is 0 Å². The fraction of sp³-hybridized carbons (Fsp3) is 0.379. The van der Waals surface area contributed by atoms with E-state index in [2.05, 4.69) is 13.0 Å². The second kappa shape index (κ2) is 9.80. The smallest absolute Gasteiger partial charge is 0.238 e. The van der Waals surface area contributed by atoms with Gasteiger partial charge in [0.05, 0.1) is 36.8 Å². The van der Waals surface area contributed by atoms with Crippen LogP contribution in [0, 0.1) is 17.8 Å². The monoisotopic (exact) mass is 473 g/mol. The first-order chi connectivity index (χ1) is 17.0. The van der Waals surface area contributed by atoms with Crippen LogP contribution in [0.5, 0.6) is 5.75 Å². The van der Waals surface area contributed by atoms with Gasteiger partial charge in [0.15, 0.2) is 0 Å². The lowest BCUT2D eigenvalue weighted by atomic mass is 9.69. The van der Waals surface area contributed by atoms with Gasteiger partial charge in [0.25, 0.3) is 0 Å². The summed E-state index contributed by atoms with van der Waals surface area (Å²) in [4.78, 5) is 28.3. The molecule has 1 N–H and O–H groups in total. The van der Waals surface area contributed by atoms with Gasteiger partial charge in [-0.05, 0) is 67.2 Å². The molecule has 2 heterocycles. The SMILES string of the molecule is COCC1=C2[C@@H](CC/C(C)=C/c3ccc(O)cc3)OC[C@@H]2[C@@H]2C(=O)N(c3ccccc3)C(=O)[C@@H]2C1. The Morgan fingerprint density at radius 1 is 1.09 bits per heavy atom. The van der Waals surface area contributed by atoms with E-state index in [0.717, 1.165) is 24.0 Å². The Morgan fingerprint density at radius 3 is 2.54 bits per heavy atom. The van der Waals surface area contributed by atoms with Crippen molar-refractivity contribution in [2.45, 2.75) is 32.3 Å². The molecule has 0 unspecified atom stereocenters. The number of allylic oxidation sites excluding steroid dienone is 1. The quantitative estimate of drug-likeness (QED) is 0.464. The van der Waals surface area contributed by atoms with Gasteiger partial charge in [-0.15, -0.1) is 0 Å². The number of imide groups is 1. The van der Waals surface area contributed by atoms with E-state index in [-0.39, 0.29) is 41.4 Å². The Labute approximate surface area is 205 Å². The molecule has 0 spiro atoms. The highest BCUT2D eigenvalue weighted by molar-refractivity contribution is 6.22. The Balaban J connectivity index is 1.36. The molecule has 2 saturated heterocycles. The molecule has 2 aromatic rings. The van der Waals surface area contributed by atoms with E-state index in [0.29, 0.717) is 25.3 Å². The molecule has 0 saturated carbocycles. The summed E-state index contributed by atoms with van der Waals surface area (Å²) in [7, 11) is 1.67. The van der Waals surface area contributed by atoms with Crippen LogP contribution in [0.15, 0.2) is 71.3 Å². The first kappa shape index (κ1) is 23.5. The molecular weight excluding hydrogens is 442 g/mol. The Hall–Kier alpha value is -3.22. The highest BCUT2D eigenvalue weighted by Gasteiger charge is 2.57. The normalized spacial score (nSPS) is 26.3. The van der Waals surface area contributed by atoms with Crippen LogP contribution in [0.4, 0.5) is 5.69 Å². The Bertz CT molecular complexity index is 1170. The molecule has 2 aliphatic heterocycles. The molecule has 6 heteroatoms. The number of phenols is 1. The molecular formula is C29H31NO5. The van der Waals surface area contributed by atoms with E-state index in [1.54, 1.807) is 19.2 Å². The fourth-order valence-electron chi connectivity index (χ4n) is 5.90. The topological polar surface area (TPSA) is 76.1 Å². The number of amides is 2. The Kier molecular flexibility index (Phi) is 6.58. The van der Waals surface area contributed by atoms with Gasteiger partial charge in [0, 0.05) is 13.0 Å². The number of benzene rings is 2. The van der Waals surface area contributed by atoms with E-state index in [1.165, 1.54) is 16.0 Å². The first-order valence-corrected chi connectivity index (χ1v) is 12.2. The molecule has 6 nitrogen and oxygen atoms in total. The van der Waals surface area contributed by atoms with E-state index in [1.807, 2.05) is 42.5 Å². The second-order valence-corrected chi connectivity index (χ2v) is 9.73. The van der Waals surface area contributed by atoms with Crippen molar-refractivity contribution < 1.29 is 24.2 Å². The summed E-state index contributed by atoms with van der Waals surface area (Å²) in [5, 5.41) is 9.50. The number of rotatable bonds is 7. The van der Waals surface area contributed by atoms with Crippen molar-refractivity contribution in [3.63, 3.8) is 0 Å². The fourth-order valence-corrected chi connectivity index (χ4v) is 5.90. The van der Waals surface area contributed by atoms with Crippen molar-refractivity contribution in [3.05, 3.63) is 76.9 Å². The molecule has 2 amide bonds. The molecule has 35 heavy (non-hydrogen) atoms. The number of ether oxygens (including phenoxy) is 2. The van der Waals surface area contributed by atoms with Crippen molar-refractivity contribution in [1.82, 2.24) is 0 Å². The van der Waals surface area contributed by atoms with Crippen molar-refractivity contribution in [3.8, 4) is 5.75 Å². The Morgan fingerprint density at radius 2 is 1.83 bits per heavy atom. The third-order valence-electron chi connectivity index (χ3n) is 7.45. The van der Waals surface area contributed by atoms with Gasteiger partial charge in [-0.3, -0.25) is 14.5 Å². The number of carbonyl (C=O) groups is 2. The molecule has 2 fully saturated rings. The predicted octanol–water partition coefficient (Wildman–Crippen LogP) is 4.74. The third kappa shape index (κ3) is 4.44. The average Bonchev–Trinajstić information content (AvgIpc) is 3.39. The molecule has 0 bridgehead atoms. The van der Waals surface area contributed by atoms with Crippen LogP contribution in [0.3, 0.4) is 0 Å². The number of methoxy groups -OCH3 is 1. The lowest BCUT2D eigenvalue weighted by molar-refractivity contribution is -0.122. The standard InChI is InChI=1S/C29H31NO5/c1-18(14-19-9-11-22(31)12-10-19)8-13-25-26-20(16-34-2)15-23-27(24(26)17-35-25)29(33)30(28(23)32)21-6-4-3-5-7-21/h3-7,9-12,14,23-25,27,31H,8,13,15-17H2,1-2H3/b18-14+/t23-,24+,25-,27-/m1/s1. The summed E-state index contributed by atoms with van der Waals surface area (Å²) in [5.41, 5.74) is 5.17. The molecule has 182 valence electrons. The predicted molar refractivity (Wildman–Crippen MR) is 134 cm³/mol. The molecule has 1 aliphatic carbocycles. The lowest BCUT2D eigenvalue weighted by Gasteiger charge is -2.31. The number of phenolic OH excluding ortho intramolecular Hbond substituents is 1. The zero-order valence-corrected chi connectivity index (χ0v) is 20.1. The maximum absolute atomic E-state index is 13.5. The summed E-state index contributed by atoms with van der Waals surface area (Å²) < 4.78 is 11.8. The van der Waals surface area contributed by atoms with E-state index in [4.69, 9.17) is 9.47 Å². The molecule has 0 radical (unpaired) electrons. The largest absolute Gasteiger partial charge is 0.508 e. The summed E-state index contributed by atoms with van der Waals surface area (Å²) in [6, 6.07) is 16.4. The van der Waals surface area contributed by atoms with Gasteiger partial charge in [0.2, 0.25) is 11.8 Å². The maximum Gasteiger partial charge on any atom is 0.238 e. The number of fused-ring (bicyclic) bond motifs is 3. The van der Waals surface area contributed by atoms with Crippen LogP contribution in [-0.4, -0.2) is 43.3 Å². The minimum Gasteiger partial charge on any atom is -0.508 e. The third-order valence-corrected chi connectivity index (χ3v) is 7.45. The summed E-state index contributed by atoms with van der Waals surface area (Å²) in [5.74, 6) is -0.801. The number of para-hydroxylation sites is 1. The highest BCUT2D eigenvalue weighted by Crippen LogP contribution is 2.50. The van der Waals surface area contributed by atoms with Gasteiger partial charge in [0.1, 0.15) is 5.75 Å². The highest BCUT2D eigenvalue weighted by atomic mass is 16.5. The van der Waals surface area contributed by atoms with Crippen LogP contribution >= 0.6 is 0 Å².